The van der Waals surface area contributed by atoms with Crippen LogP contribution in [0.3, 0.4) is 0 Å². The van der Waals surface area contributed by atoms with Gasteiger partial charge in [0.05, 0.1) is 16.7 Å². The van der Waals surface area contributed by atoms with Gasteiger partial charge in [0.15, 0.2) is 0 Å². The lowest BCUT2D eigenvalue weighted by atomic mass is 10.2. The highest BCUT2D eigenvalue weighted by molar-refractivity contribution is 7.98. The summed E-state index contributed by atoms with van der Waals surface area (Å²) in [5, 5.41) is 10.5. The van der Waals surface area contributed by atoms with Crippen molar-refractivity contribution in [2.75, 3.05) is 0 Å². The Hall–Kier alpha value is -1.03. The molecule has 0 aliphatic carbocycles. The molecule has 1 aromatic carbocycles. The summed E-state index contributed by atoms with van der Waals surface area (Å²) >= 11 is 7.43. The molecule has 0 unspecified atom stereocenters. The summed E-state index contributed by atoms with van der Waals surface area (Å²) in [7, 11) is 0. The predicted molar refractivity (Wildman–Crippen MR) is 71.2 cm³/mol. The Labute approximate surface area is 110 Å². The smallest absolute Gasteiger partial charge is 0.0964 e. The van der Waals surface area contributed by atoms with Crippen molar-refractivity contribution in [1.82, 2.24) is 4.98 Å². The summed E-state index contributed by atoms with van der Waals surface area (Å²) < 4.78 is 0. The molecule has 88 valence electrons. The van der Waals surface area contributed by atoms with Gasteiger partial charge in [-0.25, -0.2) is 4.98 Å². The van der Waals surface area contributed by atoms with E-state index in [0.717, 1.165) is 16.3 Å². The van der Waals surface area contributed by atoms with Gasteiger partial charge in [-0.1, -0.05) is 35.9 Å². The minimum Gasteiger partial charge on any atom is -0.392 e. The van der Waals surface area contributed by atoms with Gasteiger partial charge in [0, 0.05) is 11.9 Å². The molecule has 0 aliphatic heterocycles. The molecule has 2 nitrogen and oxygen atoms in total. The van der Waals surface area contributed by atoms with Gasteiger partial charge in [0.2, 0.25) is 0 Å². The normalized spacial score (nSPS) is 10.5. The van der Waals surface area contributed by atoms with Gasteiger partial charge in [-0.2, -0.15) is 0 Å². The molecule has 2 rings (SSSR count). The van der Waals surface area contributed by atoms with Crippen LogP contribution in [-0.2, 0) is 12.4 Å². The fraction of sp³-hybridized carbons (Fsp3) is 0.154. The van der Waals surface area contributed by atoms with E-state index in [1.165, 1.54) is 5.56 Å². The number of thioether (sulfide) groups is 1. The van der Waals surface area contributed by atoms with Crippen molar-refractivity contribution < 1.29 is 5.11 Å². The van der Waals surface area contributed by atoms with E-state index >= 15 is 0 Å². The van der Waals surface area contributed by atoms with E-state index in [9.17, 15) is 0 Å². The largest absolute Gasteiger partial charge is 0.392 e. The summed E-state index contributed by atoms with van der Waals surface area (Å²) in [4.78, 5) is 4.22. The second kappa shape index (κ2) is 6.05. The van der Waals surface area contributed by atoms with E-state index in [1.54, 1.807) is 18.0 Å². The summed E-state index contributed by atoms with van der Waals surface area (Å²) in [6, 6.07) is 11.7. The van der Waals surface area contributed by atoms with Crippen LogP contribution in [0.2, 0.25) is 5.02 Å². The van der Waals surface area contributed by atoms with Gasteiger partial charge in [0.25, 0.3) is 0 Å². The summed E-state index contributed by atoms with van der Waals surface area (Å²) in [6.45, 7) is 0.0894. The summed E-state index contributed by atoms with van der Waals surface area (Å²) in [5.41, 5.74) is 2.15. The fourth-order valence-corrected chi connectivity index (χ4v) is 2.26. The molecule has 0 spiro atoms. The van der Waals surface area contributed by atoms with Crippen LogP contribution in [0.1, 0.15) is 11.1 Å². The number of nitrogens with zero attached hydrogens (tertiary/aromatic N) is 1. The minimum atomic E-state index is 0.0894. The number of aliphatic hydroxyl groups is 1. The fourth-order valence-electron chi connectivity index (χ4n) is 1.35. The van der Waals surface area contributed by atoms with Crippen molar-refractivity contribution in [3.8, 4) is 0 Å². The van der Waals surface area contributed by atoms with Crippen LogP contribution in [0.5, 0.6) is 0 Å². The first-order chi connectivity index (χ1) is 8.28. The zero-order chi connectivity index (χ0) is 12.1. The van der Waals surface area contributed by atoms with Crippen molar-refractivity contribution in [2.24, 2.45) is 0 Å². The molecule has 0 saturated carbocycles. The van der Waals surface area contributed by atoms with Gasteiger partial charge in [-0.3, -0.25) is 0 Å². The average Bonchev–Trinajstić information content (AvgIpc) is 2.39. The lowest BCUT2D eigenvalue weighted by molar-refractivity contribution is 0.282. The lowest BCUT2D eigenvalue weighted by Gasteiger charge is -2.02. The lowest BCUT2D eigenvalue weighted by Crippen LogP contribution is -1.86. The van der Waals surface area contributed by atoms with Crippen LogP contribution < -0.4 is 0 Å². The predicted octanol–water partition coefficient (Wildman–Crippen LogP) is 3.52. The van der Waals surface area contributed by atoms with Gasteiger partial charge in [-0.15, -0.1) is 11.8 Å². The summed E-state index contributed by atoms with van der Waals surface area (Å²) in [6.07, 6.45) is 1.65. The molecule has 1 aromatic heterocycles. The second-order valence-electron chi connectivity index (χ2n) is 3.58. The number of hydrogen-bond donors (Lipinski definition) is 1. The first-order valence-electron chi connectivity index (χ1n) is 5.21. The summed E-state index contributed by atoms with van der Waals surface area (Å²) in [5.74, 6) is 0.861. The van der Waals surface area contributed by atoms with Gasteiger partial charge in [-0.05, 0) is 23.3 Å². The molecule has 17 heavy (non-hydrogen) atoms. The van der Waals surface area contributed by atoms with Crippen LogP contribution in [0, 0.1) is 0 Å². The maximum absolute atomic E-state index is 8.93. The van der Waals surface area contributed by atoms with E-state index in [4.69, 9.17) is 16.7 Å². The van der Waals surface area contributed by atoms with Gasteiger partial charge in [0.1, 0.15) is 0 Å². The molecule has 2 aromatic rings. The standard InChI is InChI=1S/C13H12ClNOS/c14-12-5-6-13(15-7-12)17-9-11-3-1-10(8-16)2-4-11/h1-7,16H,8-9H2. The molecule has 0 bridgehead atoms. The highest BCUT2D eigenvalue weighted by Crippen LogP contribution is 2.21. The van der Waals surface area contributed by atoms with Crippen molar-refractivity contribution in [3.63, 3.8) is 0 Å². The Morgan fingerprint density at radius 1 is 1.06 bits per heavy atom. The van der Waals surface area contributed by atoms with Crippen LogP contribution in [0.25, 0.3) is 0 Å². The Morgan fingerprint density at radius 3 is 2.35 bits per heavy atom. The molecule has 0 amide bonds. The second-order valence-corrected chi connectivity index (χ2v) is 5.01. The Balaban J connectivity index is 1.95. The first kappa shape index (κ1) is 12.4. The molecule has 0 radical (unpaired) electrons. The number of benzene rings is 1. The zero-order valence-electron chi connectivity index (χ0n) is 9.14. The molecule has 1 N–H and O–H groups in total. The van der Waals surface area contributed by atoms with Crippen LogP contribution in [0.15, 0.2) is 47.6 Å². The Bertz CT molecular complexity index is 470. The molecule has 0 aliphatic rings. The number of halogens is 1. The molecule has 4 heteroatoms. The number of hydrogen-bond acceptors (Lipinski definition) is 3. The van der Waals surface area contributed by atoms with E-state index in [1.807, 2.05) is 36.4 Å². The topological polar surface area (TPSA) is 33.1 Å². The SMILES string of the molecule is OCc1ccc(CSc2ccc(Cl)cn2)cc1. The number of aromatic nitrogens is 1. The minimum absolute atomic E-state index is 0.0894. The number of rotatable bonds is 4. The number of pyridine rings is 1. The maximum atomic E-state index is 8.93. The van der Waals surface area contributed by atoms with Gasteiger partial charge < -0.3 is 5.11 Å². The zero-order valence-corrected chi connectivity index (χ0v) is 10.7. The third-order valence-electron chi connectivity index (χ3n) is 2.29. The van der Waals surface area contributed by atoms with Crippen molar-refractivity contribution in [1.29, 1.82) is 0 Å². The van der Waals surface area contributed by atoms with Crippen LogP contribution in [-0.4, -0.2) is 10.1 Å². The average molecular weight is 266 g/mol. The first-order valence-corrected chi connectivity index (χ1v) is 6.57. The third-order valence-corrected chi connectivity index (χ3v) is 3.53. The van der Waals surface area contributed by atoms with Crippen molar-refractivity contribution in [3.05, 3.63) is 58.7 Å². The van der Waals surface area contributed by atoms with Crippen LogP contribution in [0.4, 0.5) is 0 Å². The van der Waals surface area contributed by atoms with E-state index < -0.39 is 0 Å². The monoisotopic (exact) mass is 265 g/mol. The Kier molecular flexibility index (Phi) is 4.42. The third kappa shape index (κ3) is 3.73. The Morgan fingerprint density at radius 2 is 1.76 bits per heavy atom. The molecule has 0 saturated heterocycles. The van der Waals surface area contributed by atoms with Crippen molar-refractivity contribution >= 4 is 23.4 Å². The van der Waals surface area contributed by atoms with E-state index in [0.29, 0.717) is 5.02 Å². The van der Waals surface area contributed by atoms with Crippen LogP contribution >= 0.6 is 23.4 Å². The quantitative estimate of drug-likeness (QED) is 0.859. The maximum Gasteiger partial charge on any atom is 0.0964 e. The molecule has 1 heterocycles. The number of aliphatic hydroxyl groups excluding tert-OH is 1. The van der Waals surface area contributed by atoms with Crippen molar-refractivity contribution in [2.45, 2.75) is 17.4 Å². The highest BCUT2D eigenvalue weighted by Gasteiger charge is 1.98. The molecule has 0 atom stereocenters. The molecular formula is C13H12ClNOS. The highest BCUT2D eigenvalue weighted by atomic mass is 35.5. The van der Waals surface area contributed by atoms with E-state index in [2.05, 4.69) is 4.98 Å². The van der Waals surface area contributed by atoms with Gasteiger partial charge >= 0.3 is 0 Å². The molecular weight excluding hydrogens is 254 g/mol. The van der Waals surface area contributed by atoms with E-state index in [-0.39, 0.29) is 6.61 Å². The molecule has 0 fully saturated rings.